The van der Waals surface area contributed by atoms with Crippen molar-refractivity contribution in [1.29, 1.82) is 0 Å². The summed E-state index contributed by atoms with van der Waals surface area (Å²) in [6.45, 7) is 6.80. The van der Waals surface area contributed by atoms with Crippen LogP contribution in [0.3, 0.4) is 0 Å². The van der Waals surface area contributed by atoms with Gasteiger partial charge < -0.3 is 24.2 Å². The van der Waals surface area contributed by atoms with Crippen LogP contribution in [0.15, 0.2) is 0 Å². The number of likely N-dealkylation sites (N-methyl/N-ethyl adjacent to an activating group) is 1. The zero-order valence-corrected chi connectivity index (χ0v) is 31.0. The lowest BCUT2D eigenvalue weighted by Gasteiger charge is -2.23. The van der Waals surface area contributed by atoms with E-state index in [1.54, 1.807) is 0 Å². The number of nitrogens with one attached hydrogen (secondary N) is 2. The van der Waals surface area contributed by atoms with Gasteiger partial charge in [-0.2, -0.15) is 0 Å². The molecule has 0 saturated carbocycles. The van der Waals surface area contributed by atoms with Crippen LogP contribution in [0.2, 0.25) is 0 Å². The molecule has 0 aliphatic carbocycles. The third kappa shape index (κ3) is 34.1. The van der Waals surface area contributed by atoms with Gasteiger partial charge in [0.15, 0.2) is 9.03 Å². The maximum Gasteiger partial charge on any atom is 0.220 e. The lowest BCUT2D eigenvalue weighted by molar-refractivity contribution is -0.870. The lowest BCUT2D eigenvalue weighted by Crippen LogP contribution is -2.46. The van der Waals surface area contributed by atoms with Crippen molar-refractivity contribution in [3.8, 4) is 0 Å². The Labute approximate surface area is 275 Å². The fourth-order valence-electron chi connectivity index (χ4n) is 5.21. The van der Waals surface area contributed by atoms with E-state index in [0.717, 1.165) is 36.7 Å². The van der Waals surface area contributed by atoms with Gasteiger partial charge in [0.25, 0.3) is 0 Å². The van der Waals surface area contributed by atoms with Crippen molar-refractivity contribution in [3.63, 3.8) is 0 Å². The summed E-state index contributed by atoms with van der Waals surface area (Å²) in [6.07, 6.45) is 29.0. The summed E-state index contributed by atoms with van der Waals surface area (Å²) in [7, 11) is 6.33. The second kappa shape index (κ2) is 32.2. The molecule has 0 spiro atoms. The van der Waals surface area contributed by atoms with Crippen LogP contribution >= 0.6 is 9.03 Å². The third-order valence-corrected chi connectivity index (χ3v) is 8.80. The van der Waals surface area contributed by atoms with Crippen molar-refractivity contribution in [1.82, 2.24) is 10.6 Å². The molecule has 0 saturated heterocycles. The average Bonchev–Trinajstić information content (AvgIpc) is 2.98. The Hall–Kier alpha value is -0.750. The van der Waals surface area contributed by atoms with Gasteiger partial charge in [-0.3, -0.25) is 9.59 Å². The molecule has 0 aromatic carbocycles. The molecule has 0 rings (SSSR count). The minimum Gasteiger partial charge on any atom is -0.354 e. The highest BCUT2D eigenvalue weighted by molar-refractivity contribution is 7.26. The van der Waals surface area contributed by atoms with Crippen LogP contribution in [-0.4, -0.2) is 69.8 Å². The topological polar surface area (TPSA) is 76.7 Å². The molecule has 0 aromatic rings. The third-order valence-electron chi connectivity index (χ3n) is 8.19. The number of hydrogen-bond donors (Lipinski definition) is 2. The monoisotopic (exact) mass is 645 g/mol. The minimum atomic E-state index is -0.244. The Bertz CT molecular complexity index is 645. The molecule has 2 N–H and O–H groups in total. The van der Waals surface area contributed by atoms with Gasteiger partial charge in [0.05, 0.1) is 33.8 Å². The predicted molar refractivity (Wildman–Crippen MR) is 190 cm³/mol. The van der Waals surface area contributed by atoms with Crippen LogP contribution in [0, 0.1) is 0 Å². The van der Waals surface area contributed by atoms with E-state index >= 15 is 0 Å². The van der Waals surface area contributed by atoms with Gasteiger partial charge in [-0.15, -0.1) is 0 Å². The molecule has 2 unspecified atom stereocenters. The minimum absolute atomic E-state index is 0.0448. The molecule has 0 aliphatic rings. The number of rotatable bonds is 34. The van der Waals surface area contributed by atoms with E-state index in [-0.39, 0.29) is 26.9 Å². The Balaban J connectivity index is 4.18. The van der Waals surface area contributed by atoms with Crippen molar-refractivity contribution in [2.24, 2.45) is 0 Å². The maximum atomic E-state index is 12.7. The van der Waals surface area contributed by atoms with Gasteiger partial charge >= 0.3 is 0 Å². The first-order valence-corrected chi connectivity index (χ1v) is 19.4. The van der Waals surface area contributed by atoms with Crippen molar-refractivity contribution < 1.29 is 23.1 Å². The quantitative estimate of drug-likeness (QED) is 0.0416. The molecule has 0 heterocycles. The standard InChI is InChI=1S/C36H74N3O4P/c1-6-8-10-12-14-16-18-20-22-24-26-28-35(40)37-32-34(33-43-44-42-31-30-39(3,4)5)38-36(41)29-27-25-23-21-19-17-15-13-11-9-7-2/h34,44H,6-33H2,1-5H3,(H-,37,38,40,41)/p+1. The molecule has 0 fully saturated rings. The van der Waals surface area contributed by atoms with E-state index < -0.39 is 0 Å². The fraction of sp³-hybridized carbons (Fsp3) is 0.944. The highest BCUT2D eigenvalue weighted by Crippen LogP contribution is 2.15. The van der Waals surface area contributed by atoms with Crippen LogP contribution in [-0.2, 0) is 18.6 Å². The molecule has 0 bridgehead atoms. The Morgan fingerprint density at radius 2 is 1.00 bits per heavy atom. The van der Waals surface area contributed by atoms with Gasteiger partial charge in [0.1, 0.15) is 13.2 Å². The Morgan fingerprint density at radius 1 is 0.591 bits per heavy atom. The lowest BCUT2D eigenvalue weighted by atomic mass is 10.1. The second-order valence-electron chi connectivity index (χ2n) is 13.9. The molecule has 8 heteroatoms. The molecule has 0 aromatic heterocycles. The van der Waals surface area contributed by atoms with Gasteiger partial charge in [-0.05, 0) is 12.8 Å². The molecule has 0 radical (unpaired) electrons. The van der Waals surface area contributed by atoms with E-state index in [4.69, 9.17) is 9.05 Å². The van der Waals surface area contributed by atoms with Crippen LogP contribution in [0.1, 0.15) is 168 Å². The number of amides is 2. The van der Waals surface area contributed by atoms with E-state index in [1.165, 1.54) is 116 Å². The molecular formula is C36H75N3O4P+. The first-order chi connectivity index (χ1) is 21.3. The average molecular weight is 645 g/mol. The predicted octanol–water partition coefficient (Wildman–Crippen LogP) is 9.24. The Kier molecular flexibility index (Phi) is 31.7. The summed E-state index contributed by atoms with van der Waals surface area (Å²) in [4.78, 5) is 25.2. The number of carbonyl (C=O) groups is 2. The number of nitrogens with zero attached hydrogens (tertiary/aromatic N) is 1. The normalized spacial score (nSPS) is 12.7. The van der Waals surface area contributed by atoms with Gasteiger partial charge in [-0.25, -0.2) is 0 Å². The summed E-state index contributed by atoms with van der Waals surface area (Å²) in [5.41, 5.74) is 0. The van der Waals surface area contributed by atoms with Crippen molar-refractivity contribution in [3.05, 3.63) is 0 Å². The number of hydrogen-bond acceptors (Lipinski definition) is 4. The van der Waals surface area contributed by atoms with Crippen LogP contribution in [0.4, 0.5) is 0 Å². The summed E-state index contributed by atoms with van der Waals surface area (Å²) in [6, 6.07) is -0.244. The first kappa shape index (κ1) is 43.2. The number of carbonyl (C=O) groups excluding carboxylic acids is 2. The number of quaternary nitrogens is 1. The van der Waals surface area contributed by atoms with Gasteiger partial charge in [0, 0.05) is 19.4 Å². The van der Waals surface area contributed by atoms with Crippen molar-refractivity contribution in [2.45, 2.75) is 174 Å². The number of unbranched alkanes of at least 4 members (excludes halogenated alkanes) is 20. The van der Waals surface area contributed by atoms with Gasteiger partial charge in [0.2, 0.25) is 11.8 Å². The molecule has 262 valence electrons. The summed E-state index contributed by atoms with van der Waals surface area (Å²) < 4.78 is 12.2. The zero-order chi connectivity index (χ0) is 32.6. The van der Waals surface area contributed by atoms with Crippen LogP contribution in [0.5, 0.6) is 0 Å². The maximum absolute atomic E-state index is 12.7. The second-order valence-corrected chi connectivity index (χ2v) is 14.6. The summed E-state index contributed by atoms with van der Waals surface area (Å²) >= 11 is 0. The summed E-state index contributed by atoms with van der Waals surface area (Å²) in [5.74, 6) is 0.107. The molecule has 2 atom stereocenters. The molecule has 2 amide bonds. The molecule has 7 nitrogen and oxygen atoms in total. The van der Waals surface area contributed by atoms with Crippen LogP contribution in [0.25, 0.3) is 0 Å². The summed E-state index contributed by atoms with van der Waals surface area (Å²) in [5, 5.41) is 6.14. The highest BCUT2D eigenvalue weighted by Gasteiger charge is 2.15. The van der Waals surface area contributed by atoms with Crippen LogP contribution < -0.4 is 10.6 Å². The van der Waals surface area contributed by atoms with E-state index in [1.807, 2.05) is 0 Å². The van der Waals surface area contributed by atoms with Gasteiger partial charge in [-0.1, -0.05) is 142 Å². The van der Waals surface area contributed by atoms with Crippen molar-refractivity contribution in [2.75, 3.05) is 47.4 Å². The highest BCUT2D eigenvalue weighted by atomic mass is 31.1. The molecule has 0 aliphatic heterocycles. The first-order valence-electron chi connectivity index (χ1n) is 18.6. The smallest absolute Gasteiger partial charge is 0.220 e. The molecule has 44 heavy (non-hydrogen) atoms. The van der Waals surface area contributed by atoms with E-state index in [0.29, 0.717) is 32.6 Å². The van der Waals surface area contributed by atoms with Crippen molar-refractivity contribution >= 4 is 20.8 Å². The largest absolute Gasteiger partial charge is 0.354 e. The SMILES string of the molecule is CCCCCCCCCCCCCC(=O)NCC(COPOCC[N+](C)(C)C)NC(=O)CCCCCCCCCCCCC. The van der Waals surface area contributed by atoms with E-state index in [2.05, 4.69) is 45.6 Å². The molecular weight excluding hydrogens is 569 g/mol. The van der Waals surface area contributed by atoms with E-state index in [9.17, 15) is 9.59 Å². The fourth-order valence-corrected chi connectivity index (χ4v) is 5.74. The zero-order valence-electron chi connectivity index (χ0n) is 30.0. The Morgan fingerprint density at radius 3 is 1.43 bits per heavy atom.